The Kier molecular flexibility index (Phi) is 3.95. The van der Waals surface area contributed by atoms with Crippen molar-refractivity contribution < 1.29 is 13.9 Å². The third-order valence-corrected chi connectivity index (χ3v) is 3.54. The first-order chi connectivity index (χ1) is 10.6. The molecule has 0 radical (unpaired) electrons. The first-order valence-corrected chi connectivity index (χ1v) is 6.98. The van der Waals surface area contributed by atoms with Gasteiger partial charge in [-0.25, -0.2) is 14.4 Å². The average molecular weight is 302 g/mol. The number of nitrogens with zero attached hydrogens (tertiary/aromatic N) is 4. The van der Waals surface area contributed by atoms with Gasteiger partial charge >= 0.3 is 6.01 Å². The van der Waals surface area contributed by atoms with Crippen molar-refractivity contribution >= 4 is 5.91 Å². The second-order valence-corrected chi connectivity index (χ2v) is 5.10. The van der Waals surface area contributed by atoms with Crippen LogP contribution in [0, 0.1) is 12.7 Å². The van der Waals surface area contributed by atoms with Gasteiger partial charge in [-0.2, -0.15) is 0 Å². The summed E-state index contributed by atoms with van der Waals surface area (Å²) >= 11 is 0. The van der Waals surface area contributed by atoms with Gasteiger partial charge in [-0.05, 0) is 19.1 Å². The molecule has 3 heterocycles. The van der Waals surface area contributed by atoms with Crippen LogP contribution in [0.1, 0.15) is 22.5 Å². The van der Waals surface area contributed by atoms with Crippen LogP contribution in [-0.2, 0) is 0 Å². The number of carbonyl (C=O) groups is 1. The third kappa shape index (κ3) is 3.03. The van der Waals surface area contributed by atoms with E-state index in [4.69, 9.17) is 4.74 Å². The smallest absolute Gasteiger partial charge is 0.316 e. The quantitative estimate of drug-likeness (QED) is 0.861. The van der Waals surface area contributed by atoms with E-state index < -0.39 is 5.82 Å². The summed E-state index contributed by atoms with van der Waals surface area (Å²) in [6.45, 7) is 2.86. The zero-order chi connectivity index (χ0) is 15.5. The van der Waals surface area contributed by atoms with E-state index in [0.717, 1.165) is 12.4 Å². The van der Waals surface area contributed by atoms with E-state index in [9.17, 15) is 9.18 Å². The Balaban J connectivity index is 1.63. The van der Waals surface area contributed by atoms with Gasteiger partial charge in [-0.1, -0.05) is 0 Å². The third-order valence-electron chi connectivity index (χ3n) is 3.54. The molecule has 0 saturated carbocycles. The summed E-state index contributed by atoms with van der Waals surface area (Å²) in [6.07, 6.45) is 4.27. The van der Waals surface area contributed by atoms with Gasteiger partial charge in [0.05, 0.1) is 24.5 Å². The van der Waals surface area contributed by atoms with E-state index in [2.05, 4.69) is 15.0 Å². The molecule has 1 saturated heterocycles. The highest BCUT2D eigenvalue weighted by Gasteiger charge is 2.29. The van der Waals surface area contributed by atoms with Crippen LogP contribution >= 0.6 is 0 Å². The lowest BCUT2D eigenvalue weighted by Gasteiger charge is -2.17. The number of rotatable bonds is 3. The predicted molar refractivity (Wildman–Crippen MR) is 75.9 cm³/mol. The molecule has 0 unspecified atom stereocenters. The highest BCUT2D eigenvalue weighted by Crippen LogP contribution is 2.18. The van der Waals surface area contributed by atoms with Crippen LogP contribution in [0.2, 0.25) is 0 Å². The number of hydrogen-bond acceptors (Lipinski definition) is 5. The maximum Gasteiger partial charge on any atom is 0.316 e. The minimum Gasteiger partial charge on any atom is -0.458 e. The number of aryl methyl sites for hydroxylation is 1. The summed E-state index contributed by atoms with van der Waals surface area (Å²) in [6, 6.07) is 3.64. The Morgan fingerprint density at radius 3 is 2.86 bits per heavy atom. The van der Waals surface area contributed by atoms with E-state index in [0.29, 0.717) is 30.8 Å². The molecule has 0 N–H and O–H groups in total. The number of ether oxygens (including phenoxy) is 1. The van der Waals surface area contributed by atoms with Crippen molar-refractivity contribution in [1.82, 2.24) is 19.9 Å². The first kappa shape index (κ1) is 14.4. The Morgan fingerprint density at radius 1 is 1.36 bits per heavy atom. The number of aromatic nitrogens is 3. The van der Waals surface area contributed by atoms with Gasteiger partial charge in [-0.3, -0.25) is 9.78 Å². The lowest BCUT2D eigenvalue weighted by atomic mass is 10.2. The first-order valence-electron chi connectivity index (χ1n) is 6.98. The molecule has 1 fully saturated rings. The molecule has 22 heavy (non-hydrogen) atoms. The zero-order valence-electron chi connectivity index (χ0n) is 12.1. The molecule has 2 aromatic heterocycles. The Hall–Kier alpha value is -2.57. The Labute approximate surface area is 127 Å². The van der Waals surface area contributed by atoms with Crippen LogP contribution in [-0.4, -0.2) is 45.0 Å². The number of likely N-dealkylation sites (tertiary alicyclic amines) is 1. The summed E-state index contributed by atoms with van der Waals surface area (Å²) < 4.78 is 18.3. The van der Waals surface area contributed by atoms with Crippen molar-refractivity contribution in [2.24, 2.45) is 0 Å². The molecular weight excluding hydrogens is 287 g/mol. The molecular formula is C15H15FN4O2. The number of amides is 1. The fourth-order valence-corrected chi connectivity index (χ4v) is 2.40. The van der Waals surface area contributed by atoms with Gasteiger partial charge in [0, 0.05) is 24.9 Å². The van der Waals surface area contributed by atoms with Crippen LogP contribution in [0.5, 0.6) is 6.01 Å². The van der Waals surface area contributed by atoms with E-state index in [1.807, 2.05) is 6.92 Å². The average Bonchev–Trinajstić information content (AvgIpc) is 2.98. The molecule has 3 rings (SSSR count). The molecule has 1 atom stereocenters. The molecule has 1 aliphatic heterocycles. The summed E-state index contributed by atoms with van der Waals surface area (Å²) in [5.41, 5.74) is 1.31. The molecule has 6 nitrogen and oxygen atoms in total. The summed E-state index contributed by atoms with van der Waals surface area (Å²) in [5.74, 6) is -0.570. The molecule has 1 amide bonds. The molecule has 0 aromatic carbocycles. The lowest BCUT2D eigenvalue weighted by Crippen LogP contribution is -2.31. The molecule has 2 aromatic rings. The van der Waals surface area contributed by atoms with E-state index in [-0.39, 0.29) is 18.0 Å². The van der Waals surface area contributed by atoms with E-state index in [1.54, 1.807) is 23.2 Å². The second-order valence-electron chi connectivity index (χ2n) is 5.10. The maximum atomic E-state index is 12.8. The second kappa shape index (κ2) is 6.05. The molecule has 7 heteroatoms. The molecule has 0 spiro atoms. The fraction of sp³-hybridized carbons (Fsp3) is 0.333. The van der Waals surface area contributed by atoms with Gasteiger partial charge in [0.2, 0.25) is 0 Å². The summed E-state index contributed by atoms with van der Waals surface area (Å²) in [5, 5.41) is 0. The number of halogens is 1. The predicted octanol–water partition coefficient (Wildman–Crippen LogP) is 1.61. The topological polar surface area (TPSA) is 68.2 Å². The minimum absolute atomic E-state index is 0.0586. The van der Waals surface area contributed by atoms with Gasteiger partial charge in [0.15, 0.2) is 5.82 Å². The fourth-order valence-electron chi connectivity index (χ4n) is 2.40. The number of pyridine rings is 1. The Morgan fingerprint density at radius 2 is 2.14 bits per heavy atom. The summed E-state index contributed by atoms with van der Waals surface area (Å²) in [7, 11) is 0. The van der Waals surface area contributed by atoms with E-state index in [1.165, 1.54) is 0 Å². The molecule has 114 valence electrons. The van der Waals surface area contributed by atoms with Crippen LogP contribution in [0.15, 0.2) is 30.7 Å². The van der Waals surface area contributed by atoms with Crippen molar-refractivity contribution in [3.8, 4) is 6.01 Å². The van der Waals surface area contributed by atoms with Crippen molar-refractivity contribution in [3.63, 3.8) is 0 Å². The van der Waals surface area contributed by atoms with Crippen LogP contribution < -0.4 is 4.74 Å². The number of hydrogen-bond donors (Lipinski definition) is 0. The molecule has 1 aliphatic rings. The highest BCUT2D eigenvalue weighted by molar-refractivity contribution is 5.95. The Bertz CT molecular complexity index is 677. The van der Waals surface area contributed by atoms with Crippen LogP contribution in [0.25, 0.3) is 0 Å². The lowest BCUT2D eigenvalue weighted by molar-refractivity contribution is 0.0768. The minimum atomic E-state index is -0.511. The maximum absolute atomic E-state index is 12.8. The summed E-state index contributed by atoms with van der Waals surface area (Å²) in [4.78, 5) is 25.8. The van der Waals surface area contributed by atoms with Crippen molar-refractivity contribution in [2.75, 3.05) is 13.1 Å². The largest absolute Gasteiger partial charge is 0.458 e. The van der Waals surface area contributed by atoms with Crippen LogP contribution in [0.4, 0.5) is 4.39 Å². The van der Waals surface area contributed by atoms with Gasteiger partial charge in [0.1, 0.15) is 6.10 Å². The molecule has 0 aliphatic carbocycles. The molecule has 0 bridgehead atoms. The van der Waals surface area contributed by atoms with Crippen molar-refractivity contribution in [3.05, 3.63) is 47.8 Å². The van der Waals surface area contributed by atoms with Crippen molar-refractivity contribution in [2.45, 2.75) is 19.4 Å². The standard InChI is InChI=1S/C15H15FN4O2/c1-10-13(3-2-5-17-10)14(21)20-6-4-12(9-20)22-15-18-7-11(16)8-19-15/h2-3,5,7-8,12H,4,6,9H2,1H3/t12-/m0/s1. The van der Waals surface area contributed by atoms with Gasteiger partial charge in [-0.15, -0.1) is 0 Å². The normalized spacial score (nSPS) is 17.5. The number of carbonyl (C=O) groups excluding carboxylic acids is 1. The SMILES string of the molecule is Cc1ncccc1C(=O)N1CC[C@H](Oc2ncc(F)cn2)C1. The van der Waals surface area contributed by atoms with Gasteiger partial charge in [0.25, 0.3) is 5.91 Å². The van der Waals surface area contributed by atoms with Crippen molar-refractivity contribution in [1.29, 1.82) is 0 Å². The monoisotopic (exact) mass is 302 g/mol. The van der Waals surface area contributed by atoms with E-state index >= 15 is 0 Å². The van der Waals surface area contributed by atoms with Crippen LogP contribution in [0.3, 0.4) is 0 Å². The van der Waals surface area contributed by atoms with Gasteiger partial charge < -0.3 is 9.64 Å². The highest BCUT2D eigenvalue weighted by atomic mass is 19.1. The zero-order valence-corrected chi connectivity index (χ0v) is 12.1.